The van der Waals surface area contributed by atoms with Gasteiger partial charge in [-0.15, -0.1) is 0 Å². The lowest BCUT2D eigenvalue weighted by Crippen LogP contribution is -2.40. The van der Waals surface area contributed by atoms with Gasteiger partial charge in [-0.25, -0.2) is 8.42 Å². The van der Waals surface area contributed by atoms with E-state index in [4.69, 9.17) is 0 Å². The minimum atomic E-state index is -3.43. The van der Waals surface area contributed by atoms with E-state index >= 15 is 0 Å². The van der Waals surface area contributed by atoms with Gasteiger partial charge in [0.25, 0.3) is 0 Å². The van der Waals surface area contributed by atoms with Crippen LogP contribution in [0.15, 0.2) is 23.5 Å². The van der Waals surface area contributed by atoms with Gasteiger partial charge in [0.15, 0.2) is 0 Å². The molecule has 1 fully saturated rings. The molecule has 0 radical (unpaired) electrons. The third-order valence-corrected chi connectivity index (χ3v) is 5.85. The van der Waals surface area contributed by atoms with E-state index in [1.165, 1.54) is 12.4 Å². The van der Waals surface area contributed by atoms with Crippen LogP contribution in [0, 0.1) is 12.8 Å². The number of nitrogens with one attached hydrogen (secondary N) is 2. The summed E-state index contributed by atoms with van der Waals surface area (Å²) in [6, 6.07) is 0. The highest BCUT2D eigenvalue weighted by Gasteiger charge is 2.31. The topological polar surface area (TPSA) is 94.7 Å². The molecule has 1 aliphatic heterocycles. The Morgan fingerprint density at radius 1 is 1.38 bits per heavy atom. The number of nitrogens with zero attached hydrogens (tertiary/aromatic N) is 3. The van der Waals surface area contributed by atoms with Crippen LogP contribution in [0.25, 0.3) is 0 Å². The van der Waals surface area contributed by atoms with Crippen LogP contribution in [0.2, 0.25) is 0 Å². The molecule has 21 heavy (non-hydrogen) atoms. The first-order valence-electron chi connectivity index (χ1n) is 7.05. The molecular weight excluding hydrogens is 290 g/mol. The van der Waals surface area contributed by atoms with Crippen molar-refractivity contribution in [3.8, 4) is 0 Å². The van der Waals surface area contributed by atoms with Crippen molar-refractivity contribution in [2.75, 3.05) is 13.1 Å². The fourth-order valence-corrected chi connectivity index (χ4v) is 4.27. The van der Waals surface area contributed by atoms with Crippen LogP contribution in [0.5, 0.6) is 0 Å². The first kappa shape index (κ1) is 14.3. The Hall–Kier alpha value is -1.67. The molecule has 0 amide bonds. The Bertz CT molecular complexity index is 692. The van der Waals surface area contributed by atoms with Gasteiger partial charge >= 0.3 is 0 Å². The van der Waals surface area contributed by atoms with Crippen LogP contribution in [-0.4, -0.2) is 46.2 Å². The molecule has 3 heterocycles. The SMILES string of the molecule is Cc1cn[nH]c1CC1CCCN(S(=O)(=O)c2cn[nH]c2)C1. The van der Waals surface area contributed by atoms with Gasteiger partial charge < -0.3 is 0 Å². The maximum atomic E-state index is 12.5. The second kappa shape index (κ2) is 5.61. The van der Waals surface area contributed by atoms with Crippen molar-refractivity contribution in [3.05, 3.63) is 29.8 Å². The standard InChI is InChI=1S/C13H19N5O2S/c1-10-6-16-17-13(10)5-11-3-2-4-18(9-11)21(19,20)12-7-14-15-8-12/h6-8,11H,2-5,9H2,1H3,(H,14,15)(H,16,17). The number of aryl methyl sites for hydroxylation is 1. The van der Waals surface area contributed by atoms with Crippen molar-refractivity contribution in [3.63, 3.8) is 0 Å². The van der Waals surface area contributed by atoms with E-state index in [1.807, 2.05) is 6.92 Å². The maximum absolute atomic E-state index is 12.5. The summed E-state index contributed by atoms with van der Waals surface area (Å²) >= 11 is 0. The lowest BCUT2D eigenvalue weighted by Gasteiger charge is -2.31. The molecule has 2 aromatic heterocycles. The van der Waals surface area contributed by atoms with Gasteiger partial charge in [-0.05, 0) is 37.7 Å². The average molecular weight is 309 g/mol. The Morgan fingerprint density at radius 3 is 2.90 bits per heavy atom. The number of piperidine rings is 1. The molecule has 1 atom stereocenters. The first-order chi connectivity index (χ1) is 10.1. The van der Waals surface area contributed by atoms with Crippen molar-refractivity contribution in [1.82, 2.24) is 24.7 Å². The summed E-state index contributed by atoms with van der Waals surface area (Å²) in [6.07, 6.45) is 7.35. The Balaban J connectivity index is 1.73. The van der Waals surface area contributed by atoms with Crippen LogP contribution < -0.4 is 0 Å². The van der Waals surface area contributed by atoms with Gasteiger partial charge in [-0.3, -0.25) is 10.2 Å². The summed E-state index contributed by atoms with van der Waals surface area (Å²) in [4.78, 5) is 0.237. The molecule has 7 nitrogen and oxygen atoms in total. The molecule has 8 heteroatoms. The fourth-order valence-electron chi connectivity index (χ4n) is 2.81. The second-order valence-corrected chi connectivity index (χ2v) is 7.48. The van der Waals surface area contributed by atoms with E-state index in [2.05, 4.69) is 20.4 Å². The van der Waals surface area contributed by atoms with Crippen LogP contribution in [-0.2, 0) is 16.4 Å². The minimum absolute atomic E-state index is 0.237. The summed E-state index contributed by atoms with van der Waals surface area (Å²) in [5.74, 6) is 0.319. The number of aromatic amines is 2. The fraction of sp³-hybridized carbons (Fsp3) is 0.538. The van der Waals surface area contributed by atoms with Crippen molar-refractivity contribution >= 4 is 10.0 Å². The predicted molar refractivity (Wildman–Crippen MR) is 77.1 cm³/mol. The van der Waals surface area contributed by atoms with Gasteiger partial charge in [0.2, 0.25) is 10.0 Å². The predicted octanol–water partition coefficient (Wildman–Crippen LogP) is 1.08. The monoisotopic (exact) mass is 309 g/mol. The number of sulfonamides is 1. The van der Waals surface area contributed by atoms with E-state index in [1.54, 1.807) is 10.5 Å². The Kier molecular flexibility index (Phi) is 3.81. The van der Waals surface area contributed by atoms with Gasteiger partial charge in [0, 0.05) is 25.0 Å². The van der Waals surface area contributed by atoms with Crippen LogP contribution in [0.4, 0.5) is 0 Å². The van der Waals surface area contributed by atoms with Gasteiger partial charge in [-0.2, -0.15) is 14.5 Å². The second-order valence-electron chi connectivity index (χ2n) is 5.54. The van der Waals surface area contributed by atoms with Crippen LogP contribution in [0.3, 0.4) is 0 Å². The molecule has 114 valence electrons. The molecule has 0 bridgehead atoms. The van der Waals surface area contributed by atoms with Crippen LogP contribution in [0.1, 0.15) is 24.1 Å². The molecule has 0 spiro atoms. The van der Waals surface area contributed by atoms with Crippen molar-refractivity contribution in [2.24, 2.45) is 5.92 Å². The highest BCUT2D eigenvalue weighted by Crippen LogP contribution is 2.25. The van der Waals surface area contributed by atoms with E-state index in [0.717, 1.165) is 30.5 Å². The van der Waals surface area contributed by atoms with Crippen molar-refractivity contribution in [1.29, 1.82) is 0 Å². The lowest BCUT2D eigenvalue weighted by atomic mass is 9.94. The molecule has 3 rings (SSSR count). The van der Waals surface area contributed by atoms with Gasteiger partial charge in [-0.1, -0.05) is 0 Å². The first-order valence-corrected chi connectivity index (χ1v) is 8.49. The molecular formula is C13H19N5O2S. The molecule has 2 aromatic rings. The summed E-state index contributed by atoms with van der Waals surface area (Å²) < 4.78 is 26.6. The minimum Gasteiger partial charge on any atom is -0.284 e. The zero-order valence-electron chi connectivity index (χ0n) is 11.9. The molecule has 0 aliphatic carbocycles. The van der Waals surface area contributed by atoms with Gasteiger partial charge in [0.05, 0.1) is 12.4 Å². The Labute approximate surface area is 123 Å². The normalized spacial score (nSPS) is 20.7. The third kappa shape index (κ3) is 2.86. The highest BCUT2D eigenvalue weighted by molar-refractivity contribution is 7.89. The molecule has 1 saturated heterocycles. The quantitative estimate of drug-likeness (QED) is 0.883. The van der Waals surface area contributed by atoms with E-state index in [9.17, 15) is 8.42 Å². The Morgan fingerprint density at radius 2 is 2.24 bits per heavy atom. The maximum Gasteiger partial charge on any atom is 0.246 e. The summed E-state index contributed by atoms with van der Waals surface area (Å²) in [7, 11) is -3.43. The van der Waals surface area contributed by atoms with E-state index < -0.39 is 10.0 Å². The molecule has 2 N–H and O–H groups in total. The molecule has 1 unspecified atom stereocenters. The van der Waals surface area contributed by atoms with E-state index in [0.29, 0.717) is 19.0 Å². The van der Waals surface area contributed by atoms with Crippen molar-refractivity contribution < 1.29 is 8.42 Å². The number of hydrogen-bond donors (Lipinski definition) is 2. The highest BCUT2D eigenvalue weighted by atomic mass is 32.2. The number of aromatic nitrogens is 4. The van der Waals surface area contributed by atoms with Gasteiger partial charge in [0.1, 0.15) is 4.90 Å². The number of rotatable bonds is 4. The summed E-state index contributed by atoms with van der Waals surface area (Å²) in [5, 5.41) is 13.3. The molecule has 1 aliphatic rings. The number of hydrogen-bond acceptors (Lipinski definition) is 4. The zero-order chi connectivity index (χ0) is 14.9. The molecule has 0 saturated carbocycles. The van der Waals surface area contributed by atoms with Crippen molar-refractivity contribution in [2.45, 2.75) is 31.1 Å². The summed E-state index contributed by atoms with van der Waals surface area (Å²) in [6.45, 7) is 3.14. The third-order valence-electron chi connectivity index (χ3n) is 4.02. The van der Waals surface area contributed by atoms with E-state index in [-0.39, 0.29) is 4.90 Å². The molecule has 0 aromatic carbocycles. The average Bonchev–Trinajstić information content (AvgIpc) is 3.12. The smallest absolute Gasteiger partial charge is 0.246 e. The number of H-pyrrole nitrogens is 2. The van der Waals surface area contributed by atoms with Crippen LogP contribution >= 0.6 is 0 Å². The summed E-state index contributed by atoms with van der Waals surface area (Å²) in [5.41, 5.74) is 2.23. The zero-order valence-corrected chi connectivity index (χ0v) is 12.7. The lowest BCUT2D eigenvalue weighted by molar-refractivity contribution is 0.264. The largest absolute Gasteiger partial charge is 0.284 e.